The van der Waals surface area contributed by atoms with Crippen LogP contribution in [0.3, 0.4) is 0 Å². The van der Waals surface area contributed by atoms with Crippen LogP contribution >= 0.6 is 0 Å². The Morgan fingerprint density at radius 3 is 1.71 bits per heavy atom. The molecule has 0 saturated heterocycles. The summed E-state index contributed by atoms with van der Waals surface area (Å²) in [6, 6.07) is 0. The molecule has 0 unspecified atom stereocenters. The van der Waals surface area contributed by atoms with Crippen LogP contribution in [0.2, 0.25) is 0 Å². The minimum Gasteiger partial charge on any atom is -0.199 e. The zero-order valence-corrected chi connectivity index (χ0v) is 6.19. The first-order valence-electron chi connectivity index (χ1n) is 2.89. The summed E-state index contributed by atoms with van der Waals surface area (Å²) in [6.45, 7) is -2.25. The van der Waals surface area contributed by atoms with Gasteiger partial charge in [0.15, 0.2) is 0 Å². The normalized spacial score (nSPS) is 13.6. The average molecular weight is 225 g/mol. The van der Waals surface area contributed by atoms with Crippen LogP contribution in [0.5, 0.6) is 0 Å². The zero-order chi connectivity index (χ0) is 11.6. The van der Waals surface area contributed by atoms with Crippen molar-refractivity contribution >= 4 is 0 Å². The summed E-state index contributed by atoms with van der Waals surface area (Å²) >= 11 is 0. The maximum absolute atomic E-state index is 12.1. The van der Waals surface area contributed by atoms with Gasteiger partial charge in [0, 0.05) is 4.91 Å². The standard InChI is InChI=1S/C4H2F7N3/c5-2(6,1-13-14-12)3(7,8)4(9,10)11/h1H2. The van der Waals surface area contributed by atoms with Gasteiger partial charge in [-0.15, -0.1) is 0 Å². The summed E-state index contributed by atoms with van der Waals surface area (Å²) in [7, 11) is 0. The Bertz CT molecular complexity index is 250. The lowest BCUT2D eigenvalue weighted by Crippen LogP contribution is -2.53. The van der Waals surface area contributed by atoms with Gasteiger partial charge < -0.3 is 0 Å². The number of azide groups is 1. The van der Waals surface area contributed by atoms with Gasteiger partial charge in [0.05, 0.1) is 6.54 Å². The number of alkyl halides is 7. The molecule has 0 N–H and O–H groups in total. The van der Waals surface area contributed by atoms with Crippen molar-refractivity contribution in [1.82, 2.24) is 0 Å². The minimum atomic E-state index is -6.39. The van der Waals surface area contributed by atoms with E-state index >= 15 is 0 Å². The van der Waals surface area contributed by atoms with Crippen LogP contribution < -0.4 is 0 Å². The molecule has 0 aliphatic rings. The lowest BCUT2D eigenvalue weighted by Gasteiger charge is -2.26. The maximum atomic E-state index is 12.1. The molecule has 0 radical (unpaired) electrons. The van der Waals surface area contributed by atoms with E-state index in [9.17, 15) is 30.7 Å². The molecule has 3 nitrogen and oxygen atoms in total. The fourth-order valence-electron chi connectivity index (χ4n) is 0.427. The summed E-state index contributed by atoms with van der Waals surface area (Å²) in [4.78, 5) is 1.66. The maximum Gasteiger partial charge on any atom is 0.459 e. The van der Waals surface area contributed by atoms with Crippen molar-refractivity contribution in [2.75, 3.05) is 6.54 Å². The van der Waals surface area contributed by atoms with E-state index in [0.29, 0.717) is 0 Å². The SMILES string of the molecule is [N-]=[N+]=NCC(F)(F)C(F)(F)C(F)(F)F. The van der Waals surface area contributed by atoms with Crippen molar-refractivity contribution in [1.29, 1.82) is 0 Å². The highest BCUT2D eigenvalue weighted by atomic mass is 19.4. The largest absolute Gasteiger partial charge is 0.459 e. The molecule has 14 heavy (non-hydrogen) atoms. The van der Waals surface area contributed by atoms with Crippen LogP contribution in [0.1, 0.15) is 0 Å². The third-order valence-electron chi connectivity index (χ3n) is 1.15. The summed E-state index contributed by atoms with van der Waals surface area (Å²) in [6.07, 6.45) is -6.39. The molecular formula is C4H2F7N3. The lowest BCUT2D eigenvalue weighted by atomic mass is 10.1. The quantitative estimate of drug-likeness (QED) is 0.306. The molecule has 0 atom stereocenters. The van der Waals surface area contributed by atoms with E-state index in [4.69, 9.17) is 5.53 Å². The average Bonchev–Trinajstić information content (AvgIpc) is 1.98. The van der Waals surface area contributed by atoms with E-state index < -0.39 is 24.6 Å². The predicted octanol–water partition coefficient (Wildman–Crippen LogP) is 3.13. The number of halogens is 7. The topological polar surface area (TPSA) is 48.8 Å². The molecule has 0 aliphatic heterocycles. The summed E-state index contributed by atoms with van der Waals surface area (Å²) in [5.41, 5.74) is 7.50. The molecular weight excluding hydrogens is 223 g/mol. The third kappa shape index (κ3) is 2.19. The molecule has 0 bridgehead atoms. The van der Waals surface area contributed by atoms with E-state index in [1.807, 2.05) is 5.11 Å². The van der Waals surface area contributed by atoms with Crippen LogP contribution in [-0.2, 0) is 0 Å². The Balaban J connectivity index is 4.96. The Hall–Kier alpha value is -1.18. The third-order valence-corrected chi connectivity index (χ3v) is 1.15. The molecule has 10 heteroatoms. The zero-order valence-electron chi connectivity index (χ0n) is 6.19. The van der Waals surface area contributed by atoms with Crippen molar-refractivity contribution in [3.8, 4) is 0 Å². The van der Waals surface area contributed by atoms with Gasteiger partial charge in [-0.1, -0.05) is 5.11 Å². The second-order valence-corrected chi connectivity index (χ2v) is 2.17. The molecule has 0 aromatic rings. The van der Waals surface area contributed by atoms with Gasteiger partial charge in [0.25, 0.3) is 0 Å². The fourth-order valence-corrected chi connectivity index (χ4v) is 0.427. The molecule has 0 spiro atoms. The molecule has 0 aromatic carbocycles. The molecule has 0 fully saturated rings. The van der Waals surface area contributed by atoms with E-state index in [1.54, 1.807) is 4.91 Å². The number of rotatable bonds is 3. The highest BCUT2D eigenvalue weighted by Crippen LogP contribution is 2.46. The van der Waals surface area contributed by atoms with Gasteiger partial charge in [-0.05, 0) is 5.53 Å². The van der Waals surface area contributed by atoms with Crippen LogP contribution in [0.4, 0.5) is 30.7 Å². The van der Waals surface area contributed by atoms with Crippen molar-refractivity contribution in [2.24, 2.45) is 5.11 Å². The predicted molar refractivity (Wildman–Crippen MR) is 30.0 cm³/mol. The van der Waals surface area contributed by atoms with E-state index in [2.05, 4.69) is 0 Å². The number of hydrogen-bond donors (Lipinski definition) is 0. The first-order valence-corrected chi connectivity index (χ1v) is 2.89. The second-order valence-electron chi connectivity index (χ2n) is 2.17. The smallest absolute Gasteiger partial charge is 0.199 e. The highest BCUT2D eigenvalue weighted by molar-refractivity contribution is 4.92. The highest BCUT2D eigenvalue weighted by Gasteiger charge is 2.72. The van der Waals surface area contributed by atoms with E-state index in [-0.39, 0.29) is 0 Å². The first kappa shape index (κ1) is 12.8. The minimum absolute atomic E-state index is 1.66. The molecule has 0 amide bonds. The molecule has 0 saturated carbocycles. The van der Waals surface area contributed by atoms with Gasteiger partial charge in [0.2, 0.25) is 0 Å². The molecule has 0 rings (SSSR count). The van der Waals surface area contributed by atoms with Gasteiger partial charge in [-0.3, -0.25) is 0 Å². The fraction of sp³-hybridized carbons (Fsp3) is 1.00. The van der Waals surface area contributed by atoms with Crippen molar-refractivity contribution < 1.29 is 30.7 Å². The Morgan fingerprint density at radius 1 is 1.00 bits per heavy atom. The van der Waals surface area contributed by atoms with E-state index in [1.165, 1.54) is 0 Å². The first-order chi connectivity index (χ1) is 6.06. The second kappa shape index (κ2) is 3.52. The molecule has 0 heterocycles. The van der Waals surface area contributed by atoms with Gasteiger partial charge in [0.1, 0.15) is 0 Å². The Kier molecular flexibility index (Phi) is 3.23. The monoisotopic (exact) mass is 225 g/mol. The summed E-state index contributed by atoms with van der Waals surface area (Å²) in [5, 5.41) is 1.97. The van der Waals surface area contributed by atoms with Crippen molar-refractivity contribution in [3.63, 3.8) is 0 Å². The van der Waals surface area contributed by atoms with Crippen molar-refractivity contribution in [3.05, 3.63) is 10.4 Å². The lowest BCUT2D eigenvalue weighted by molar-refractivity contribution is -0.351. The Labute approximate surface area is 72.1 Å². The number of nitrogens with zero attached hydrogens (tertiary/aromatic N) is 3. The van der Waals surface area contributed by atoms with Crippen LogP contribution in [0.15, 0.2) is 5.11 Å². The van der Waals surface area contributed by atoms with Crippen molar-refractivity contribution in [2.45, 2.75) is 18.0 Å². The molecule has 82 valence electrons. The molecule has 0 aliphatic carbocycles. The van der Waals surface area contributed by atoms with Crippen LogP contribution in [-0.4, -0.2) is 24.6 Å². The Morgan fingerprint density at radius 2 is 1.43 bits per heavy atom. The van der Waals surface area contributed by atoms with E-state index in [0.717, 1.165) is 0 Å². The summed E-state index contributed by atoms with van der Waals surface area (Å²) < 4.78 is 82.4. The molecule has 0 aromatic heterocycles. The van der Waals surface area contributed by atoms with Gasteiger partial charge in [-0.25, -0.2) is 0 Å². The summed E-state index contributed by atoms with van der Waals surface area (Å²) in [5.74, 6) is -11.7. The van der Waals surface area contributed by atoms with Gasteiger partial charge >= 0.3 is 18.0 Å². The van der Waals surface area contributed by atoms with Gasteiger partial charge in [-0.2, -0.15) is 30.7 Å². The van der Waals surface area contributed by atoms with Crippen LogP contribution in [0, 0.1) is 0 Å². The van der Waals surface area contributed by atoms with Crippen LogP contribution in [0.25, 0.3) is 10.4 Å². The number of hydrogen-bond acceptors (Lipinski definition) is 1.